The summed E-state index contributed by atoms with van der Waals surface area (Å²) in [5, 5.41) is 4.89. The molecule has 0 saturated carbocycles. The molecule has 0 aliphatic heterocycles. The van der Waals surface area contributed by atoms with Crippen LogP contribution in [0.4, 0.5) is 23.7 Å². The van der Waals surface area contributed by atoms with Crippen molar-refractivity contribution in [1.29, 1.82) is 0 Å². The van der Waals surface area contributed by atoms with Crippen LogP contribution in [0.25, 0.3) is 0 Å². The first-order valence-electron chi connectivity index (χ1n) is 7.02. The Labute approximate surface area is 131 Å². The van der Waals surface area contributed by atoms with Gasteiger partial charge in [0, 0.05) is 12.4 Å². The maximum absolute atomic E-state index is 12.9. The monoisotopic (exact) mass is 326 g/mol. The lowest BCUT2D eigenvalue weighted by atomic mass is 10.0. The van der Waals surface area contributed by atoms with E-state index in [4.69, 9.17) is 0 Å². The van der Waals surface area contributed by atoms with Gasteiger partial charge in [0.1, 0.15) is 5.82 Å². The fourth-order valence-electron chi connectivity index (χ4n) is 2.14. The van der Waals surface area contributed by atoms with Gasteiger partial charge in [0.05, 0.1) is 17.3 Å². The summed E-state index contributed by atoms with van der Waals surface area (Å²) in [6.45, 7) is 3.74. The van der Waals surface area contributed by atoms with Gasteiger partial charge in [0.15, 0.2) is 0 Å². The van der Waals surface area contributed by atoms with E-state index in [0.717, 1.165) is 6.07 Å². The minimum Gasteiger partial charge on any atom is -0.347 e. The first kappa shape index (κ1) is 16.9. The minimum atomic E-state index is -4.54. The molecule has 0 aliphatic carbocycles. The number of H-pyrrole nitrogens is 1. The minimum absolute atomic E-state index is 0.00441. The Kier molecular flexibility index (Phi) is 4.92. The first-order valence-corrected chi connectivity index (χ1v) is 7.02. The number of aromatic amines is 1. The molecular formula is C15H17F3N4O. The maximum Gasteiger partial charge on any atom is 0.418 e. The van der Waals surface area contributed by atoms with E-state index >= 15 is 0 Å². The van der Waals surface area contributed by atoms with Gasteiger partial charge in [-0.3, -0.25) is 0 Å². The van der Waals surface area contributed by atoms with Crippen LogP contribution < -0.4 is 10.6 Å². The number of para-hydroxylation sites is 1. The molecule has 1 aromatic heterocycles. The van der Waals surface area contributed by atoms with Gasteiger partial charge in [0.2, 0.25) is 0 Å². The number of nitrogens with one attached hydrogen (secondary N) is 3. The first-order chi connectivity index (χ1) is 10.8. The number of amides is 2. The van der Waals surface area contributed by atoms with Gasteiger partial charge in [-0.2, -0.15) is 13.2 Å². The predicted octanol–water partition coefficient (Wildman–Crippen LogP) is 3.95. The Morgan fingerprint density at radius 1 is 1.26 bits per heavy atom. The number of hydrogen-bond acceptors (Lipinski definition) is 2. The molecule has 23 heavy (non-hydrogen) atoms. The van der Waals surface area contributed by atoms with Crippen LogP contribution in [0.2, 0.25) is 0 Å². The summed E-state index contributed by atoms with van der Waals surface area (Å²) in [5.41, 5.74) is -1.19. The summed E-state index contributed by atoms with van der Waals surface area (Å²) in [5.74, 6) is 0.545. The smallest absolute Gasteiger partial charge is 0.347 e. The zero-order valence-corrected chi connectivity index (χ0v) is 12.6. The number of carbonyl (C=O) groups is 1. The Morgan fingerprint density at radius 3 is 2.52 bits per heavy atom. The number of benzene rings is 1. The molecule has 3 N–H and O–H groups in total. The molecular weight excluding hydrogens is 309 g/mol. The number of halogens is 3. The van der Waals surface area contributed by atoms with E-state index in [9.17, 15) is 18.0 Å². The number of aromatic nitrogens is 2. The highest BCUT2D eigenvalue weighted by atomic mass is 19.4. The lowest BCUT2D eigenvalue weighted by molar-refractivity contribution is -0.136. The van der Waals surface area contributed by atoms with Crippen LogP contribution >= 0.6 is 0 Å². The summed E-state index contributed by atoms with van der Waals surface area (Å²) in [6.07, 6.45) is -1.38. The predicted molar refractivity (Wildman–Crippen MR) is 79.8 cm³/mol. The molecule has 0 spiro atoms. The van der Waals surface area contributed by atoms with Crippen molar-refractivity contribution in [2.75, 3.05) is 5.32 Å². The van der Waals surface area contributed by atoms with Crippen molar-refractivity contribution >= 4 is 11.7 Å². The molecule has 2 aromatic rings. The highest BCUT2D eigenvalue weighted by molar-refractivity contribution is 5.90. The van der Waals surface area contributed by atoms with Gasteiger partial charge in [0.25, 0.3) is 0 Å². The quantitative estimate of drug-likeness (QED) is 0.796. The lowest BCUT2D eigenvalue weighted by Gasteiger charge is -2.21. The molecule has 0 fully saturated rings. The fraction of sp³-hybridized carbons (Fsp3) is 0.333. The maximum atomic E-state index is 12.9. The van der Waals surface area contributed by atoms with Crippen molar-refractivity contribution in [2.45, 2.75) is 26.1 Å². The number of carbonyl (C=O) groups excluding carboxylic acids is 1. The summed E-state index contributed by atoms with van der Waals surface area (Å²) in [4.78, 5) is 19.0. The summed E-state index contributed by atoms with van der Waals surface area (Å²) < 4.78 is 38.8. The third-order valence-corrected chi connectivity index (χ3v) is 3.25. The van der Waals surface area contributed by atoms with E-state index in [1.807, 2.05) is 13.8 Å². The standard InChI is InChI=1S/C15H17F3N4O/c1-9(2)12(13-19-7-8-20-13)22-14(23)21-11-6-4-3-5-10(11)15(16,17)18/h3-9,12H,1-2H3,(H,19,20)(H2,21,22,23). The van der Waals surface area contributed by atoms with E-state index in [2.05, 4.69) is 20.6 Å². The van der Waals surface area contributed by atoms with E-state index in [-0.39, 0.29) is 11.6 Å². The van der Waals surface area contributed by atoms with Crippen LogP contribution in [0.1, 0.15) is 31.3 Å². The summed E-state index contributed by atoms with van der Waals surface area (Å²) in [6, 6.07) is 3.66. The largest absolute Gasteiger partial charge is 0.418 e. The molecule has 8 heteroatoms. The number of nitrogens with zero attached hydrogens (tertiary/aromatic N) is 1. The normalized spacial score (nSPS) is 13.0. The third-order valence-electron chi connectivity index (χ3n) is 3.25. The number of hydrogen-bond donors (Lipinski definition) is 3. The number of urea groups is 1. The molecule has 0 aliphatic rings. The van der Waals surface area contributed by atoms with Crippen molar-refractivity contribution < 1.29 is 18.0 Å². The SMILES string of the molecule is CC(C)C(NC(=O)Nc1ccccc1C(F)(F)F)c1ncc[nH]1. The summed E-state index contributed by atoms with van der Waals surface area (Å²) >= 11 is 0. The zero-order chi connectivity index (χ0) is 17.0. The summed E-state index contributed by atoms with van der Waals surface area (Å²) in [7, 11) is 0. The van der Waals surface area contributed by atoms with Crippen molar-refractivity contribution in [1.82, 2.24) is 15.3 Å². The van der Waals surface area contributed by atoms with Gasteiger partial charge >= 0.3 is 12.2 Å². The fourth-order valence-corrected chi connectivity index (χ4v) is 2.14. The number of anilines is 1. The second-order valence-electron chi connectivity index (χ2n) is 5.34. The van der Waals surface area contributed by atoms with E-state index in [1.54, 1.807) is 12.4 Å². The second kappa shape index (κ2) is 6.72. The van der Waals surface area contributed by atoms with Crippen LogP contribution in [0.3, 0.4) is 0 Å². The van der Waals surface area contributed by atoms with E-state index < -0.39 is 23.8 Å². The van der Waals surface area contributed by atoms with Gasteiger partial charge in [-0.15, -0.1) is 0 Å². The molecule has 0 saturated heterocycles. The van der Waals surface area contributed by atoms with Crippen LogP contribution in [-0.4, -0.2) is 16.0 Å². The van der Waals surface area contributed by atoms with Crippen molar-refractivity contribution in [3.8, 4) is 0 Å². The van der Waals surface area contributed by atoms with Gasteiger partial charge in [-0.05, 0) is 18.1 Å². The van der Waals surface area contributed by atoms with Gasteiger partial charge in [-0.1, -0.05) is 26.0 Å². The molecule has 5 nitrogen and oxygen atoms in total. The van der Waals surface area contributed by atoms with Crippen molar-refractivity contribution in [3.05, 3.63) is 48.0 Å². The molecule has 2 amide bonds. The molecule has 1 unspecified atom stereocenters. The van der Waals surface area contributed by atoms with Crippen LogP contribution in [0.15, 0.2) is 36.7 Å². The topological polar surface area (TPSA) is 69.8 Å². The van der Waals surface area contributed by atoms with Crippen molar-refractivity contribution in [3.63, 3.8) is 0 Å². The molecule has 0 radical (unpaired) electrons. The zero-order valence-electron chi connectivity index (χ0n) is 12.6. The van der Waals surface area contributed by atoms with E-state index in [0.29, 0.717) is 5.82 Å². The van der Waals surface area contributed by atoms with Crippen LogP contribution in [-0.2, 0) is 6.18 Å². The van der Waals surface area contributed by atoms with Crippen molar-refractivity contribution in [2.24, 2.45) is 5.92 Å². The Balaban J connectivity index is 2.14. The highest BCUT2D eigenvalue weighted by Crippen LogP contribution is 2.34. The van der Waals surface area contributed by atoms with Gasteiger partial charge in [-0.25, -0.2) is 9.78 Å². The van der Waals surface area contributed by atoms with Crippen LogP contribution in [0, 0.1) is 5.92 Å². The molecule has 1 heterocycles. The molecule has 124 valence electrons. The highest BCUT2D eigenvalue weighted by Gasteiger charge is 2.33. The molecule has 1 aromatic carbocycles. The molecule has 1 atom stereocenters. The van der Waals surface area contributed by atoms with Gasteiger partial charge < -0.3 is 15.6 Å². The van der Waals surface area contributed by atoms with E-state index in [1.165, 1.54) is 18.2 Å². The Hall–Kier alpha value is -2.51. The average Bonchev–Trinajstić information content (AvgIpc) is 2.97. The number of rotatable bonds is 4. The second-order valence-corrected chi connectivity index (χ2v) is 5.34. The lowest BCUT2D eigenvalue weighted by Crippen LogP contribution is -2.36. The average molecular weight is 326 g/mol. The van der Waals surface area contributed by atoms with Crippen LogP contribution in [0.5, 0.6) is 0 Å². The third kappa shape index (κ3) is 4.24. The number of imidazole rings is 1. The molecule has 0 bridgehead atoms. The Morgan fingerprint density at radius 2 is 1.96 bits per heavy atom. The Bertz CT molecular complexity index is 653. The molecule has 2 rings (SSSR count). The number of alkyl halides is 3.